The van der Waals surface area contributed by atoms with Crippen LogP contribution in [0.15, 0.2) is 97.1 Å². The number of anilines is 2. The first-order chi connectivity index (χ1) is 18.7. The average molecular weight is 527 g/mol. The Morgan fingerprint density at radius 1 is 0.667 bits per heavy atom. The molecular weight excluding hydrogens is 484 g/mol. The van der Waals surface area contributed by atoms with Crippen LogP contribution in [0.25, 0.3) is 0 Å². The molecule has 0 heterocycles. The van der Waals surface area contributed by atoms with Crippen molar-refractivity contribution >= 4 is 17.7 Å². The number of nitrogen functional groups attached to an aromatic ring is 1. The molecule has 5 heteroatoms. The van der Waals surface area contributed by atoms with Crippen LogP contribution in [0.5, 0.6) is 11.5 Å². The van der Waals surface area contributed by atoms with Crippen molar-refractivity contribution in [2.45, 2.75) is 46.1 Å². The number of rotatable bonds is 8. The van der Waals surface area contributed by atoms with Gasteiger partial charge in [-0.3, -0.25) is 4.79 Å². The second-order valence-electron chi connectivity index (χ2n) is 9.69. The number of methoxy groups -OCH3 is 2. The van der Waals surface area contributed by atoms with Crippen molar-refractivity contribution in [3.05, 3.63) is 119 Å². The highest BCUT2D eigenvalue weighted by atomic mass is 16.5. The van der Waals surface area contributed by atoms with Gasteiger partial charge in [0, 0.05) is 23.5 Å². The summed E-state index contributed by atoms with van der Waals surface area (Å²) in [6, 6.07) is 31.7. The van der Waals surface area contributed by atoms with Gasteiger partial charge in [0.15, 0.2) is 0 Å². The van der Waals surface area contributed by atoms with Gasteiger partial charge in [-0.2, -0.15) is 0 Å². The predicted molar refractivity (Wildman–Crippen MR) is 164 cm³/mol. The Morgan fingerprint density at radius 2 is 1.10 bits per heavy atom. The van der Waals surface area contributed by atoms with Crippen molar-refractivity contribution in [2.24, 2.45) is 0 Å². The Kier molecular flexibility index (Phi) is 13.2. The van der Waals surface area contributed by atoms with E-state index < -0.39 is 0 Å². The summed E-state index contributed by atoms with van der Waals surface area (Å²) in [7, 11) is 3.28. The Labute approximate surface area is 234 Å². The van der Waals surface area contributed by atoms with Crippen molar-refractivity contribution < 1.29 is 14.3 Å². The second kappa shape index (κ2) is 16.6. The standard InChI is InChI=1S/C17H21NO.C9H13N.C8H8O2/c1-13(2)15-6-8-16(9-7-15)18-12-14-4-10-17(19-3)11-5-14;1-7(2)8-3-5-9(10)6-4-8;1-10-8-4-2-7(6-9)3-5-8/h4-11,13,18H,12H2,1-3H3;3-7H,10H2,1-2H3;2-6H,1H3. The molecule has 4 aromatic rings. The lowest BCUT2D eigenvalue weighted by molar-refractivity contribution is 0.112. The van der Waals surface area contributed by atoms with Gasteiger partial charge in [0.05, 0.1) is 14.2 Å². The summed E-state index contributed by atoms with van der Waals surface area (Å²) < 4.78 is 10.0. The summed E-state index contributed by atoms with van der Waals surface area (Å²) in [5.74, 6) is 2.84. The summed E-state index contributed by atoms with van der Waals surface area (Å²) in [6.07, 6.45) is 0.805. The van der Waals surface area contributed by atoms with Crippen LogP contribution in [0.2, 0.25) is 0 Å². The molecule has 0 atom stereocenters. The zero-order valence-electron chi connectivity index (χ0n) is 24.0. The molecule has 206 valence electrons. The fourth-order valence-corrected chi connectivity index (χ4v) is 3.50. The highest BCUT2D eigenvalue weighted by Gasteiger charge is 1.99. The quantitative estimate of drug-likeness (QED) is 0.178. The number of hydrogen-bond donors (Lipinski definition) is 2. The van der Waals surface area contributed by atoms with Gasteiger partial charge < -0.3 is 20.5 Å². The highest BCUT2D eigenvalue weighted by molar-refractivity contribution is 5.74. The fraction of sp³-hybridized carbons (Fsp3) is 0.265. The van der Waals surface area contributed by atoms with Gasteiger partial charge in [-0.25, -0.2) is 0 Å². The third kappa shape index (κ3) is 11.3. The van der Waals surface area contributed by atoms with Crippen LogP contribution >= 0.6 is 0 Å². The maximum Gasteiger partial charge on any atom is 0.150 e. The van der Waals surface area contributed by atoms with Crippen LogP contribution in [-0.4, -0.2) is 20.5 Å². The van der Waals surface area contributed by atoms with Crippen LogP contribution in [0, 0.1) is 0 Å². The maximum absolute atomic E-state index is 10.2. The van der Waals surface area contributed by atoms with Crippen LogP contribution in [-0.2, 0) is 6.54 Å². The average Bonchev–Trinajstić information content (AvgIpc) is 2.97. The van der Waals surface area contributed by atoms with E-state index in [1.165, 1.54) is 16.7 Å². The summed E-state index contributed by atoms with van der Waals surface area (Å²) in [5, 5.41) is 3.42. The van der Waals surface area contributed by atoms with Gasteiger partial charge in [0.25, 0.3) is 0 Å². The number of nitrogens with one attached hydrogen (secondary N) is 1. The minimum atomic E-state index is 0.579. The molecule has 0 aromatic heterocycles. The lowest BCUT2D eigenvalue weighted by atomic mass is 10.0. The van der Waals surface area contributed by atoms with E-state index in [-0.39, 0.29) is 0 Å². The van der Waals surface area contributed by atoms with Crippen molar-refractivity contribution in [3.63, 3.8) is 0 Å². The molecule has 39 heavy (non-hydrogen) atoms. The molecule has 0 radical (unpaired) electrons. The molecule has 0 bridgehead atoms. The van der Waals surface area contributed by atoms with Gasteiger partial charge >= 0.3 is 0 Å². The molecule has 4 aromatic carbocycles. The van der Waals surface area contributed by atoms with Crippen LogP contribution in [0.3, 0.4) is 0 Å². The predicted octanol–water partition coefficient (Wildman–Crippen LogP) is 8.33. The van der Waals surface area contributed by atoms with E-state index in [0.29, 0.717) is 17.4 Å². The third-order valence-corrected chi connectivity index (χ3v) is 6.09. The van der Waals surface area contributed by atoms with Gasteiger partial charge in [0.2, 0.25) is 0 Å². The molecule has 0 aliphatic heterocycles. The molecule has 0 saturated heterocycles. The number of hydrogen-bond acceptors (Lipinski definition) is 5. The van der Waals surface area contributed by atoms with Crippen LogP contribution < -0.4 is 20.5 Å². The lowest BCUT2D eigenvalue weighted by Gasteiger charge is -2.09. The van der Waals surface area contributed by atoms with Crippen LogP contribution in [0.1, 0.15) is 66.6 Å². The first kappa shape index (κ1) is 31.0. The number of carbonyl (C=O) groups is 1. The lowest BCUT2D eigenvalue weighted by Crippen LogP contribution is -1.99. The topological polar surface area (TPSA) is 73.6 Å². The van der Waals surface area contributed by atoms with E-state index in [2.05, 4.69) is 81.5 Å². The number of benzene rings is 4. The van der Waals surface area contributed by atoms with Gasteiger partial charge in [-0.05, 0) is 89.2 Å². The monoisotopic (exact) mass is 526 g/mol. The van der Waals surface area contributed by atoms with E-state index in [4.69, 9.17) is 15.2 Å². The van der Waals surface area contributed by atoms with E-state index in [9.17, 15) is 4.79 Å². The van der Waals surface area contributed by atoms with Crippen molar-refractivity contribution in [1.82, 2.24) is 0 Å². The smallest absolute Gasteiger partial charge is 0.150 e. The van der Waals surface area contributed by atoms with Crippen LogP contribution in [0.4, 0.5) is 11.4 Å². The van der Waals surface area contributed by atoms with Crippen molar-refractivity contribution in [3.8, 4) is 11.5 Å². The Hall–Kier alpha value is -4.25. The summed E-state index contributed by atoms with van der Waals surface area (Å²) in [4.78, 5) is 10.2. The number of ether oxygens (including phenoxy) is 2. The molecule has 0 spiro atoms. The zero-order valence-corrected chi connectivity index (χ0v) is 24.0. The molecule has 0 aliphatic carbocycles. The van der Waals surface area contributed by atoms with E-state index in [1.54, 1.807) is 38.5 Å². The van der Waals surface area contributed by atoms with Crippen molar-refractivity contribution in [1.29, 1.82) is 0 Å². The molecule has 0 aliphatic rings. The normalized spacial score (nSPS) is 10.1. The summed E-state index contributed by atoms with van der Waals surface area (Å²) in [6.45, 7) is 9.58. The largest absolute Gasteiger partial charge is 0.497 e. The third-order valence-electron chi connectivity index (χ3n) is 6.09. The maximum atomic E-state index is 10.2. The number of carbonyl (C=O) groups excluding carboxylic acids is 1. The first-order valence-corrected chi connectivity index (χ1v) is 13.2. The van der Waals surface area contributed by atoms with E-state index in [0.717, 1.165) is 35.7 Å². The van der Waals surface area contributed by atoms with E-state index >= 15 is 0 Å². The Bertz CT molecular complexity index is 1220. The Morgan fingerprint density at radius 3 is 1.51 bits per heavy atom. The minimum absolute atomic E-state index is 0.579. The second-order valence-corrected chi connectivity index (χ2v) is 9.69. The molecule has 0 fully saturated rings. The van der Waals surface area contributed by atoms with Gasteiger partial charge in [-0.15, -0.1) is 0 Å². The van der Waals surface area contributed by atoms with E-state index in [1.807, 2.05) is 24.3 Å². The highest BCUT2D eigenvalue weighted by Crippen LogP contribution is 2.18. The number of nitrogens with two attached hydrogens (primary N) is 1. The fourth-order valence-electron chi connectivity index (χ4n) is 3.50. The molecule has 0 unspecified atom stereocenters. The summed E-state index contributed by atoms with van der Waals surface area (Å²) >= 11 is 0. The molecular formula is C34H42N2O3. The SMILES string of the molecule is CC(C)c1ccc(N)cc1.COc1ccc(C=O)cc1.COc1ccc(CNc2ccc(C(C)C)cc2)cc1. The van der Waals surface area contributed by atoms with Gasteiger partial charge in [-0.1, -0.05) is 64.1 Å². The van der Waals surface area contributed by atoms with Crippen molar-refractivity contribution in [2.75, 3.05) is 25.3 Å². The summed E-state index contributed by atoms with van der Waals surface area (Å²) in [5.41, 5.74) is 12.1. The van der Waals surface area contributed by atoms with Gasteiger partial charge in [0.1, 0.15) is 17.8 Å². The molecule has 0 amide bonds. The zero-order chi connectivity index (χ0) is 28.6. The first-order valence-electron chi connectivity index (χ1n) is 13.2. The molecule has 3 N–H and O–H groups in total. The molecule has 5 nitrogen and oxygen atoms in total. The molecule has 0 saturated carbocycles. The number of aldehydes is 1. The Balaban J connectivity index is 0.000000225. The molecule has 4 rings (SSSR count). The minimum Gasteiger partial charge on any atom is -0.497 e.